The van der Waals surface area contributed by atoms with Crippen molar-refractivity contribution < 1.29 is 0 Å². The third-order valence-electron chi connectivity index (χ3n) is 2.49. The first kappa shape index (κ1) is 15.0. The molecule has 2 N–H and O–H groups in total. The molecule has 0 aliphatic rings. The molecule has 0 spiro atoms. The van der Waals surface area contributed by atoms with E-state index in [1.807, 2.05) is 6.08 Å². The van der Waals surface area contributed by atoms with E-state index in [2.05, 4.69) is 32.1 Å². The monoisotopic (exact) mass is 221 g/mol. The molecule has 0 heterocycles. The van der Waals surface area contributed by atoms with E-state index in [4.69, 9.17) is 5.73 Å². The lowest BCUT2D eigenvalue weighted by atomic mass is 10.1. The van der Waals surface area contributed by atoms with E-state index in [1.54, 1.807) is 11.8 Å². The van der Waals surface area contributed by atoms with Crippen molar-refractivity contribution in [2.45, 2.75) is 58.8 Å². The van der Waals surface area contributed by atoms with Crippen molar-refractivity contribution in [3.63, 3.8) is 0 Å². The number of allylic oxidation sites excluding steroid dienone is 5. The summed E-state index contributed by atoms with van der Waals surface area (Å²) < 4.78 is 0. The second-order valence-electron chi connectivity index (χ2n) is 4.06. The van der Waals surface area contributed by atoms with Gasteiger partial charge in [-0.05, 0) is 44.7 Å². The van der Waals surface area contributed by atoms with E-state index < -0.39 is 0 Å². The first-order chi connectivity index (χ1) is 7.85. The molecular formula is C15H27N. The van der Waals surface area contributed by atoms with E-state index in [0.29, 0.717) is 0 Å². The van der Waals surface area contributed by atoms with Crippen LogP contribution in [-0.4, -0.2) is 0 Å². The Labute approximate surface area is 101 Å². The Bertz CT molecular complexity index is 224. The second kappa shape index (κ2) is 12.1. The minimum Gasteiger partial charge on any atom is -0.405 e. The van der Waals surface area contributed by atoms with E-state index >= 15 is 0 Å². The van der Waals surface area contributed by atoms with Crippen molar-refractivity contribution in [2.75, 3.05) is 0 Å². The molecule has 0 aliphatic heterocycles. The van der Waals surface area contributed by atoms with Gasteiger partial charge in [0.15, 0.2) is 0 Å². The summed E-state index contributed by atoms with van der Waals surface area (Å²) in [6, 6.07) is 0. The Morgan fingerprint density at radius 2 is 1.81 bits per heavy atom. The van der Waals surface area contributed by atoms with Gasteiger partial charge in [0.05, 0.1) is 0 Å². The van der Waals surface area contributed by atoms with E-state index in [0.717, 1.165) is 25.7 Å². The minimum atomic E-state index is 1.09. The average Bonchev–Trinajstić information content (AvgIpc) is 2.28. The molecule has 0 rings (SSSR count). The molecule has 0 saturated heterocycles. The zero-order chi connectivity index (χ0) is 12.1. The number of hydrogen-bond acceptors (Lipinski definition) is 1. The van der Waals surface area contributed by atoms with Crippen molar-refractivity contribution in [3.8, 4) is 0 Å². The number of rotatable bonds is 9. The van der Waals surface area contributed by atoms with Crippen molar-refractivity contribution in [2.24, 2.45) is 5.73 Å². The van der Waals surface area contributed by atoms with Crippen LogP contribution in [0.15, 0.2) is 36.1 Å². The fraction of sp³-hybridized carbons (Fsp3) is 0.600. The van der Waals surface area contributed by atoms with Gasteiger partial charge in [-0.25, -0.2) is 0 Å². The highest BCUT2D eigenvalue weighted by molar-refractivity contribution is 5.07. The molecule has 1 nitrogen and oxygen atoms in total. The zero-order valence-corrected chi connectivity index (χ0v) is 10.9. The van der Waals surface area contributed by atoms with Crippen LogP contribution < -0.4 is 5.73 Å². The van der Waals surface area contributed by atoms with Crippen LogP contribution in [0, 0.1) is 0 Å². The highest BCUT2D eigenvalue weighted by Gasteiger charge is 1.91. The molecule has 0 radical (unpaired) electrons. The molecule has 0 aromatic heterocycles. The molecule has 0 unspecified atom stereocenters. The minimum absolute atomic E-state index is 1.09. The quantitative estimate of drug-likeness (QED) is 0.443. The summed E-state index contributed by atoms with van der Waals surface area (Å²) in [4.78, 5) is 0. The highest BCUT2D eigenvalue weighted by atomic mass is 14.5. The van der Waals surface area contributed by atoms with Crippen LogP contribution in [0.2, 0.25) is 0 Å². The van der Waals surface area contributed by atoms with Gasteiger partial charge in [-0.2, -0.15) is 0 Å². The van der Waals surface area contributed by atoms with Crippen LogP contribution in [0.5, 0.6) is 0 Å². The van der Waals surface area contributed by atoms with Crippen LogP contribution >= 0.6 is 0 Å². The predicted octanol–water partition coefficient (Wildman–Crippen LogP) is 4.71. The topological polar surface area (TPSA) is 26.0 Å². The van der Waals surface area contributed by atoms with Gasteiger partial charge in [0.2, 0.25) is 0 Å². The molecule has 0 aromatic carbocycles. The first-order valence-corrected chi connectivity index (χ1v) is 6.54. The van der Waals surface area contributed by atoms with Crippen molar-refractivity contribution in [1.82, 2.24) is 0 Å². The Balaban J connectivity index is 3.66. The van der Waals surface area contributed by atoms with E-state index in [1.165, 1.54) is 19.3 Å². The maximum absolute atomic E-state index is 5.27. The zero-order valence-electron chi connectivity index (χ0n) is 10.9. The fourth-order valence-corrected chi connectivity index (χ4v) is 1.70. The Morgan fingerprint density at radius 1 is 1.06 bits per heavy atom. The second-order valence-corrected chi connectivity index (χ2v) is 4.06. The Kier molecular flexibility index (Phi) is 11.4. The first-order valence-electron chi connectivity index (χ1n) is 6.54. The third-order valence-corrected chi connectivity index (χ3v) is 2.49. The normalized spacial score (nSPS) is 13.0. The molecular weight excluding hydrogens is 194 g/mol. The molecule has 0 atom stereocenters. The predicted molar refractivity (Wildman–Crippen MR) is 74.2 cm³/mol. The molecule has 0 amide bonds. The molecule has 0 fully saturated rings. The summed E-state index contributed by atoms with van der Waals surface area (Å²) >= 11 is 0. The van der Waals surface area contributed by atoms with E-state index in [-0.39, 0.29) is 0 Å². The van der Waals surface area contributed by atoms with Crippen LogP contribution in [0.3, 0.4) is 0 Å². The Morgan fingerprint density at radius 3 is 2.44 bits per heavy atom. The molecule has 0 saturated carbocycles. The standard InChI is InChI=1S/C15H27N/c1-3-11-15(12-4-2)13-9-7-5-6-8-10-14-16/h7,9-11,14H,3-6,8,12-13,16H2,1-2H3. The number of unbranched alkanes of at least 4 members (excludes halogenated alkanes) is 2. The Hall–Kier alpha value is -0.980. The third kappa shape index (κ3) is 9.57. The lowest BCUT2D eigenvalue weighted by molar-refractivity contribution is 0.851. The maximum Gasteiger partial charge on any atom is -0.0103 e. The van der Waals surface area contributed by atoms with Gasteiger partial charge >= 0.3 is 0 Å². The molecule has 0 aromatic rings. The molecule has 16 heavy (non-hydrogen) atoms. The summed E-state index contributed by atoms with van der Waals surface area (Å²) in [5.74, 6) is 0. The summed E-state index contributed by atoms with van der Waals surface area (Å²) in [7, 11) is 0. The van der Waals surface area contributed by atoms with Crippen LogP contribution in [-0.2, 0) is 0 Å². The van der Waals surface area contributed by atoms with E-state index in [9.17, 15) is 0 Å². The van der Waals surface area contributed by atoms with Gasteiger partial charge in [-0.1, -0.05) is 50.1 Å². The smallest absolute Gasteiger partial charge is 0.0103 e. The summed E-state index contributed by atoms with van der Waals surface area (Å²) in [6.45, 7) is 4.45. The largest absolute Gasteiger partial charge is 0.405 e. The molecule has 1 heteroatoms. The maximum atomic E-state index is 5.27. The summed E-state index contributed by atoms with van der Waals surface area (Å²) in [5, 5.41) is 0. The highest BCUT2D eigenvalue weighted by Crippen LogP contribution is 2.12. The summed E-state index contributed by atoms with van der Waals surface area (Å²) in [5.41, 5.74) is 6.86. The SMILES string of the molecule is CCC=C(CC=CCCCC=CN)CCC. The van der Waals surface area contributed by atoms with Crippen LogP contribution in [0.4, 0.5) is 0 Å². The number of nitrogens with two attached hydrogens (primary N) is 1. The van der Waals surface area contributed by atoms with Gasteiger partial charge in [-0.3, -0.25) is 0 Å². The molecule has 0 aliphatic carbocycles. The van der Waals surface area contributed by atoms with Gasteiger partial charge in [0.25, 0.3) is 0 Å². The summed E-state index contributed by atoms with van der Waals surface area (Å²) in [6.07, 6.45) is 18.9. The molecule has 92 valence electrons. The number of hydrogen-bond donors (Lipinski definition) is 1. The average molecular weight is 221 g/mol. The van der Waals surface area contributed by atoms with Crippen molar-refractivity contribution in [3.05, 3.63) is 36.1 Å². The lowest BCUT2D eigenvalue weighted by Crippen LogP contribution is -1.81. The van der Waals surface area contributed by atoms with Gasteiger partial charge in [0.1, 0.15) is 0 Å². The van der Waals surface area contributed by atoms with Crippen LogP contribution in [0.25, 0.3) is 0 Å². The van der Waals surface area contributed by atoms with Crippen molar-refractivity contribution in [1.29, 1.82) is 0 Å². The van der Waals surface area contributed by atoms with Gasteiger partial charge in [-0.15, -0.1) is 0 Å². The molecule has 0 bridgehead atoms. The van der Waals surface area contributed by atoms with Crippen molar-refractivity contribution >= 4 is 0 Å². The van der Waals surface area contributed by atoms with Gasteiger partial charge < -0.3 is 5.73 Å². The lowest BCUT2D eigenvalue weighted by Gasteiger charge is -2.01. The fourth-order valence-electron chi connectivity index (χ4n) is 1.70. The van der Waals surface area contributed by atoms with Gasteiger partial charge in [0, 0.05) is 0 Å². The van der Waals surface area contributed by atoms with Crippen LogP contribution in [0.1, 0.15) is 58.8 Å².